The van der Waals surface area contributed by atoms with Crippen LogP contribution in [0, 0.1) is 0 Å². The summed E-state index contributed by atoms with van der Waals surface area (Å²) in [6.45, 7) is 3.29. The highest BCUT2D eigenvalue weighted by Crippen LogP contribution is 2.34. The third kappa shape index (κ3) is 3.95. The molecule has 0 bridgehead atoms. The Labute approximate surface area is 175 Å². The minimum absolute atomic E-state index is 0.0481. The Hall–Kier alpha value is -2.26. The van der Waals surface area contributed by atoms with Crippen LogP contribution in [0.5, 0.6) is 5.75 Å². The van der Waals surface area contributed by atoms with E-state index in [0.29, 0.717) is 29.9 Å². The fourth-order valence-corrected chi connectivity index (χ4v) is 4.34. The number of rotatable bonds is 6. The number of thioether (sulfide) groups is 1. The summed E-state index contributed by atoms with van der Waals surface area (Å²) >= 11 is 4.85. The van der Waals surface area contributed by atoms with Crippen molar-refractivity contribution < 1.29 is 13.9 Å². The number of ether oxygens (including phenoxy) is 1. The Morgan fingerprint density at radius 3 is 3.07 bits per heavy atom. The Morgan fingerprint density at radius 2 is 2.29 bits per heavy atom. The third-order valence-electron chi connectivity index (χ3n) is 4.45. The van der Waals surface area contributed by atoms with Gasteiger partial charge in [0.15, 0.2) is 16.7 Å². The maximum absolute atomic E-state index is 12.6. The molecular weight excluding hydrogens is 444 g/mol. The Bertz CT molecular complexity index is 974. The summed E-state index contributed by atoms with van der Waals surface area (Å²) in [5.74, 6) is 2.36. The highest BCUT2D eigenvalue weighted by molar-refractivity contribution is 9.10. The molecule has 7 nitrogen and oxygen atoms in total. The third-order valence-corrected chi connectivity index (χ3v) is 5.91. The molecule has 1 aliphatic heterocycles. The molecule has 0 saturated carbocycles. The van der Waals surface area contributed by atoms with Crippen molar-refractivity contribution >= 4 is 33.6 Å². The van der Waals surface area contributed by atoms with Gasteiger partial charge >= 0.3 is 0 Å². The summed E-state index contributed by atoms with van der Waals surface area (Å²) in [4.78, 5) is 12.6. The summed E-state index contributed by atoms with van der Waals surface area (Å²) in [6.07, 6.45) is 2.35. The van der Waals surface area contributed by atoms with Crippen LogP contribution < -0.4 is 10.1 Å². The first-order valence-electron chi connectivity index (χ1n) is 8.97. The fraction of sp³-hybridized carbons (Fsp3) is 0.316. The number of fused-ring (bicyclic) bond motifs is 1. The predicted octanol–water partition coefficient (Wildman–Crippen LogP) is 4.05. The van der Waals surface area contributed by atoms with Crippen molar-refractivity contribution in [2.45, 2.75) is 31.1 Å². The lowest BCUT2D eigenvalue weighted by atomic mass is 10.0. The molecule has 1 amide bonds. The molecule has 1 unspecified atom stereocenters. The van der Waals surface area contributed by atoms with Gasteiger partial charge in [-0.15, -0.1) is 10.2 Å². The smallest absolute Gasteiger partial charge is 0.230 e. The number of amides is 1. The number of halogens is 1. The van der Waals surface area contributed by atoms with Crippen LogP contribution in [-0.4, -0.2) is 33.0 Å². The topological polar surface area (TPSA) is 82.2 Å². The Morgan fingerprint density at radius 1 is 1.39 bits per heavy atom. The van der Waals surface area contributed by atoms with Crippen molar-refractivity contribution in [2.24, 2.45) is 0 Å². The summed E-state index contributed by atoms with van der Waals surface area (Å²) in [5.41, 5.74) is 0.996. The van der Waals surface area contributed by atoms with E-state index in [-0.39, 0.29) is 17.7 Å². The zero-order valence-corrected chi connectivity index (χ0v) is 17.6. The molecule has 0 saturated heterocycles. The molecule has 0 fully saturated rings. The zero-order valence-electron chi connectivity index (χ0n) is 15.2. The van der Waals surface area contributed by atoms with Gasteiger partial charge in [0.1, 0.15) is 5.75 Å². The summed E-state index contributed by atoms with van der Waals surface area (Å²) in [5, 5.41) is 12.2. The van der Waals surface area contributed by atoms with Crippen LogP contribution in [0.1, 0.15) is 24.9 Å². The predicted molar refractivity (Wildman–Crippen MR) is 109 cm³/mol. The largest absolute Gasteiger partial charge is 0.493 e. The van der Waals surface area contributed by atoms with Gasteiger partial charge in [-0.1, -0.05) is 27.7 Å². The summed E-state index contributed by atoms with van der Waals surface area (Å²) in [7, 11) is 0. The highest BCUT2D eigenvalue weighted by Gasteiger charge is 2.24. The number of aromatic nitrogens is 3. The van der Waals surface area contributed by atoms with Crippen molar-refractivity contribution in [1.29, 1.82) is 0 Å². The summed E-state index contributed by atoms with van der Waals surface area (Å²) in [6, 6.07) is 9.46. The highest BCUT2D eigenvalue weighted by atomic mass is 79.9. The van der Waals surface area contributed by atoms with E-state index in [2.05, 4.69) is 31.4 Å². The maximum atomic E-state index is 12.6. The van der Waals surface area contributed by atoms with Crippen molar-refractivity contribution in [3.05, 3.63) is 46.6 Å². The Kier molecular flexibility index (Phi) is 5.72. The lowest BCUT2D eigenvalue weighted by Crippen LogP contribution is -2.33. The molecule has 146 valence electrons. The van der Waals surface area contributed by atoms with E-state index in [0.717, 1.165) is 22.2 Å². The van der Waals surface area contributed by atoms with Gasteiger partial charge in [0.05, 0.1) is 24.7 Å². The molecule has 2 aromatic heterocycles. The minimum Gasteiger partial charge on any atom is -0.493 e. The normalized spacial score (nSPS) is 15.7. The number of hydrogen-bond donors (Lipinski definition) is 1. The lowest BCUT2D eigenvalue weighted by Gasteiger charge is -2.26. The van der Waals surface area contributed by atoms with Crippen molar-refractivity contribution in [1.82, 2.24) is 20.1 Å². The van der Waals surface area contributed by atoms with E-state index in [9.17, 15) is 4.79 Å². The van der Waals surface area contributed by atoms with E-state index in [4.69, 9.17) is 9.15 Å². The number of hydrogen-bond acceptors (Lipinski definition) is 6. The quantitative estimate of drug-likeness (QED) is 0.556. The fourth-order valence-electron chi connectivity index (χ4n) is 3.15. The standard InChI is InChI=1S/C19H19BrN4O3S/c1-2-24-18(16-4-3-8-26-16)22-23-19(24)28-11-17(25)21-14-7-9-27-15-6-5-12(20)10-13(14)15/h3-6,8,10,14H,2,7,9,11H2,1H3,(H,21,25). The molecule has 1 aromatic carbocycles. The molecule has 0 spiro atoms. The van der Waals surface area contributed by atoms with Gasteiger partial charge in [-0.05, 0) is 37.3 Å². The monoisotopic (exact) mass is 462 g/mol. The molecular formula is C19H19BrN4O3S. The molecule has 1 N–H and O–H groups in total. The number of nitrogens with zero attached hydrogens (tertiary/aromatic N) is 3. The second-order valence-electron chi connectivity index (χ2n) is 6.26. The van der Waals surface area contributed by atoms with Gasteiger partial charge in [0, 0.05) is 23.0 Å². The second-order valence-corrected chi connectivity index (χ2v) is 8.11. The molecule has 0 radical (unpaired) electrons. The molecule has 3 heterocycles. The maximum Gasteiger partial charge on any atom is 0.230 e. The Balaban J connectivity index is 1.42. The molecule has 3 aromatic rings. The van der Waals surface area contributed by atoms with Crippen LogP contribution in [0.25, 0.3) is 11.6 Å². The first kappa shape index (κ1) is 19.1. The van der Waals surface area contributed by atoms with Gasteiger partial charge < -0.3 is 14.5 Å². The number of carbonyl (C=O) groups is 1. The molecule has 1 atom stereocenters. The van der Waals surface area contributed by atoms with Crippen molar-refractivity contribution in [3.63, 3.8) is 0 Å². The first-order valence-corrected chi connectivity index (χ1v) is 10.7. The van der Waals surface area contributed by atoms with Crippen molar-refractivity contribution in [2.75, 3.05) is 12.4 Å². The molecule has 28 heavy (non-hydrogen) atoms. The van der Waals surface area contributed by atoms with E-state index < -0.39 is 0 Å². The molecule has 9 heteroatoms. The van der Waals surface area contributed by atoms with E-state index in [1.165, 1.54) is 11.8 Å². The second kappa shape index (κ2) is 8.40. The van der Waals surface area contributed by atoms with Gasteiger partial charge in [-0.25, -0.2) is 0 Å². The SMILES string of the molecule is CCn1c(SCC(=O)NC2CCOc3ccc(Br)cc32)nnc1-c1ccco1. The number of carbonyl (C=O) groups excluding carboxylic acids is 1. The van der Waals surface area contributed by atoms with Gasteiger partial charge in [0.2, 0.25) is 5.91 Å². The average molecular weight is 463 g/mol. The van der Waals surface area contributed by atoms with Crippen LogP contribution in [0.2, 0.25) is 0 Å². The van der Waals surface area contributed by atoms with Crippen LogP contribution in [-0.2, 0) is 11.3 Å². The molecule has 4 rings (SSSR count). The van der Waals surface area contributed by atoms with Gasteiger partial charge in [-0.3, -0.25) is 9.36 Å². The minimum atomic E-state index is -0.0583. The van der Waals surface area contributed by atoms with E-state index in [1.54, 1.807) is 6.26 Å². The molecule has 0 aliphatic carbocycles. The van der Waals surface area contributed by atoms with Gasteiger partial charge in [0.25, 0.3) is 0 Å². The van der Waals surface area contributed by atoms with E-state index in [1.807, 2.05) is 41.8 Å². The number of benzene rings is 1. The van der Waals surface area contributed by atoms with Crippen LogP contribution in [0.15, 0.2) is 50.6 Å². The number of nitrogens with one attached hydrogen (secondary N) is 1. The number of furan rings is 1. The van der Waals surface area contributed by atoms with Crippen LogP contribution in [0.4, 0.5) is 0 Å². The summed E-state index contributed by atoms with van der Waals surface area (Å²) < 4.78 is 14.0. The average Bonchev–Trinajstić information content (AvgIpc) is 3.36. The first-order chi connectivity index (χ1) is 13.7. The molecule has 1 aliphatic rings. The van der Waals surface area contributed by atoms with Crippen LogP contribution >= 0.6 is 27.7 Å². The van der Waals surface area contributed by atoms with Crippen LogP contribution in [0.3, 0.4) is 0 Å². The lowest BCUT2D eigenvalue weighted by molar-refractivity contribution is -0.119. The van der Waals surface area contributed by atoms with Gasteiger partial charge in [-0.2, -0.15) is 0 Å². The van der Waals surface area contributed by atoms with Crippen molar-refractivity contribution in [3.8, 4) is 17.3 Å². The zero-order chi connectivity index (χ0) is 19.5. The van der Waals surface area contributed by atoms with E-state index >= 15 is 0 Å².